The molecule has 0 unspecified atom stereocenters. The monoisotopic (exact) mass is 277 g/mol. The molecule has 0 atom stereocenters. The van der Waals surface area contributed by atoms with Gasteiger partial charge in [0.05, 0.1) is 0 Å². The summed E-state index contributed by atoms with van der Waals surface area (Å²) in [6.07, 6.45) is -2.57. The zero-order valence-electron chi connectivity index (χ0n) is 11.4. The average Bonchev–Trinajstić information content (AvgIpc) is 2.41. The van der Waals surface area contributed by atoms with Crippen LogP contribution < -0.4 is 16.0 Å². The molecule has 3 nitrogen and oxygen atoms in total. The van der Waals surface area contributed by atoms with Gasteiger partial charge < -0.3 is 16.0 Å². The third-order valence-electron chi connectivity index (χ3n) is 2.95. The van der Waals surface area contributed by atoms with E-state index in [2.05, 4.69) is 5.32 Å². The molecule has 0 heterocycles. The highest BCUT2D eigenvalue weighted by molar-refractivity contribution is 5.69. The van der Waals surface area contributed by atoms with Crippen LogP contribution in [0.5, 0.6) is 0 Å². The van der Waals surface area contributed by atoms with Crippen LogP contribution in [0.2, 0.25) is 0 Å². The SMILES string of the molecule is CN(C)c1cccc(Nc2ccc(N)cc2C(F)F)c1. The molecule has 0 fully saturated rings. The molecule has 5 heteroatoms. The van der Waals surface area contributed by atoms with Crippen molar-refractivity contribution in [2.24, 2.45) is 0 Å². The maximum absolute atomic E-state index is 13.0. The molecule has 0 amide bonds. The lowest BCUT2D eigenvalue weighted by atomic mass is 10.1. The van der Waals surface area contributed by atoms with Crippen LogP contribution >= 0.6 is 0 Å². The van der Waals surface area contributed by atoms with Gasteiger partial charge in [-0.3, -0.25) is 0 Å². The Balaban J connectivity index is 2.32. The van der Waals surface area contributed by atoms with Gasteiger partial charge in [0.15, 0.2) is 0 Å². The fourth-order valence-corrected chi connectivity index (χ4v) is 1.89. The quantitative estimate of drug-likeness (QED) is 0.829. The van der Waals surface area contributed by atoms with Crippen LogP contribution in [-0.4, -0.2) is 14.1 Å². The van der Waals surface area contributed by atoms with Crippen LogP contribution in [0.25, 0.3) is 0 Å². The Kier molecular flexibility index (Phi) is 4.08. The Morgan fingerprint density at radius 1 is 1.10 bits per heavy atom. The zero-order chi connectivity index (χ0) is 14.7. The first kappa shape index (κ1) is 14.1. The molecule has 106 valence electrons. The van der Waals surface area contributed by atoms with E-state index in [4.69, 9.17) is 5.73 Å². The third-order valence-corrected chi connectivity index (χ3v) is 2.95. The maximum Gasteiger partial charge on any atom is 0.265 e. The van der Waals surface area contributed by atoms with Gasteiger partial charge in [0.1, 0.15) is 0 Å². The summed E-state index contributed by atoms with van der Waals surface area (Å²) in [6.45, 7) is 0. The van der Waals surface area contributed by atoms with Gasteiger partial charge in [0.25, 0.3) is 6.43 Å². The highest BCUT2D eigenvalue weighted by atomic mass is 19.3. The Bertz CT molecular complexity index is 597. The minimum Gasteiger partial charge on any atom is -0.399 e. The van der Waals surface area contributed by atoms with Gasteiger partial charge in [-0.15, -0.1) is 0 Å². The maximum atomic E-state index is 13.0. The van der Waals surface area contributed by atoms with Gasteiger partial charge in [-0.25, -0.2) is 8.78 Å². The second-order valence-corrected chi connectivity index (χ2v) is 4.72. The highest BCUT2D eigenvalue weighted by Crippen LogP contribution is 2.31. The second kappa shape index (κ2) is 5.77. The Morgan fingerprint density at radius 3 is 2.50 bits per heavy atom. The van der Waals surface area contributed by atoms with E-state index in [0.717, 1.165) is 11.4 Å². The summed E-state index contributed by atoms with van der Waals surface area (Å²) < 4.78 is 26.0. The molecule has 2 aromatic rings. The van der Waals surface area contributed by atoms with Crippen molar-refractivity contribution in [2.45, 2.75) is 6.43 Å². The Labute approximate surface area is 117 Å². The Hall–Kier alpha value is -2.30. The summed E-state index contributed by atoms with van der Waals surface area (Å²) in [5, 5.41) is 3.01. The van der Waals surface area contributed by atoms with E-state index in [1.807, 2.05) is 43.3 Å². The van der Waals surface area contributed by atoms with Gasteiger partial charge in [0, 0.05) is 42.4 Å². The summed E-state index contributed by atoms with van der Waals surface area (Å²) in [5.74, 6) is 0. The van der Waals surface area contributed by atoms with Gasteiger partial charge in [-0.2, -0.15) is 0 Å². The van der Waals surface area contributed by atoms with Crippen molar-refractivity contribution >= 4 is 22.7 Å². The fraction of sp³-hybridized carbons (Fsp3) is 0.200. The van der Waals surface area contributed by atoms with E-state index < -0.39 is 6.43 Å². The number of anilines is 4. The number of hydrogen-bond acceptors (Lipinski definition) is 3. The van der Waals surface area contributed by atoms with Gasteiger partial charge in [-0.1, -0.05) is 6.07 Å². The second-order valence-electron chi connectivity index (χ2n) is 4.72. The number of nitrogen functional groups attached to an aromatic ring is 1. The van der Waals surface area contributed by atoms with E-state index in [1.54, 1.807) is 12.1 Å². The number of nitrogens with two attached hydrogens (primary N) is 1. The van der Waals surface area contributed by atoms with Gasteiger partial charge in [-0.05, 0) is 36.4 Å². The Morgan fingerprint density at radius 2 is 1.85 bits per heavy atom. The molecule has 0 saturated heterocycles. The van der Waals surface area contributed by atoms with E-state index in [0.29, 0.717) is 11.4 Å². The lowest BCUT2D eigenvalue weighted by Crippen LogP contribution is -2.08. The lowest BCUT2D eigenvalue weighted by Gasteiger charge is -2.16. The number of rotatable bonds is 4. The topological polar surface area (TPSA) is 41.3 Å². The predicted octanol–water partition coefficient (Wildman–Crippen LogP) is 4.02. The number of nitrogens with zero attached hydrogens (tertiary/aromatic N) is 1. The van der Waals surface area contributed by atoms with Crippen molar-refractivity contribution < 1.29 is 8.78 Å². The molecule has 0 aliphatic carbocycles. The number of hydrogen-bond donors (Lipinski definition) is 2. The van der Waals surface area contributed by atoms with Gasteiger partial charge >= 0.3 is 0 Å². The first-order valence-corrected chi connectivity index (χ1v) is 6.19. The van der Waals surface area contributed by atoms with E-state index in [9.17, 15) is 8.78 Å². The third kappa shape index (κ3) is 3.17. The molecule has 2 rings (SSSR count). The summed E-state index contributed by atoms with van der Waals surface area (Å²) in [5.41, 5.74) is 7.89. The minimum absolute atomic E-state index is 0.0970. The molecule has 0 spiro atoms. The van der Waals surface area contributed by atoms with E-state index in [1.165, 1.54) is 6.07 Å². The van der Waals surface area contributed by atoms with Crippen molar-refractivity contribution in [1.29, 1.82) is 0 Å². The summed E-state index contributed by atoms with van der Waals surface area (Å²) in [7, 11) is 3.85. The fourth-order valence-electron chi connectivity index (χ4n) is 1.89. The van der Waals surface area contributed by atoms with Crippen molar-refractivity contribution in [2.75, 3.05) is 30.0 Å². The lowest BCUT2D eigenvalue weighted by molar-refractivity contribution is 0.152. The first-order valence-electron chi connectivity index (χ1n) is 6.19. The number of benzene rings is 2. The molecular weight excluding hydrogens is 260 g/mol. The van der Waals surface area contributed by atoms with Crippen LogP contribution in [0, 0.1) is 0 Å². The summed E-state index contributed by atoms with van der Waals surface area (Å²) in [6, 6.07) is 12.0. The van der Waals surface area contributed by atoms with Crippen LogP contribution in [0.3, 0.4) is 0 Å². The van der Waals surface area contributed by atoms with Crippen LogP contribution in [0.1, 0.15) is 12.0 Å². The van der Waals surface area contributed by atoms with Gasteiger partial charge in [0.2, 0.25) is 0 Å². The average molecular weight is 277 g/mol. The molecule has 2 aromatic carbocycles. The molecule has 0 aliphatic rings. The summed E-state index contributed by atoms with van der Waals surface area (Å²) in [4.78, 5) is 1.95. The van der Waals surface area contributed by atoms with Crippen molar-refractivity contribution in [3.8, 4) is 0 Å². The molecular formula is C15H17F2N3. The molecule has 0 aromatic heterocycles. The molecule has 0 aliphatic heterocycles. The number of halogens is 2. The standard InChI is InChI=1S/C15H17F2N3/c1-20(2)12-5-3-4-11(9-12)19-14-7-6-10(18)8-13(14)15(16)17/h3-9,15,19H,18H2,1-2H3. The molecule has 20 heavy (non-hydrogen) atoms. The largest absolute Gasteiger partial charge is 0.399 e. The highest BCUT2D eigenvalue weighted by Gasteiger charge is 2.13. The number of nitrogens with one attached hydrogen (secondary N) is 1. The predicted molar refractivity (Wildman–Crippen MR) is 79.9 cm³/mol. The van der Waals surface area contributed by atoms with Crippen LogP contribution in [0.4, 0.5) is 31.5 Å². The van der Waals surface area contributed by atoms with Crippen molar-refractivity contribution in [3.05, 3.63) is 48.0 Å². The molecule has 0 bridgehead atoms. The smallest absolute Gasteiger partial charge is 0.265 e. The van der Waals surface area contributed by atoms with Crippen LogP contribution in [-0.2, 0) is 0 Å². The normalized spacial score (nSPS) is 10.7. The minimum atomic E-state index is -2.57. The van der Waals surface area contributed by atoms with Crippen molar-refractivity contribution in [3.63, 3.8) is 0 Å². The first-order chi connectivity index (χ1) is 9.47. The number of alkyl halides is 2. The van der Waals surface area contributed by atoms with Crippen LogP contribution in [0.15, 0.2) is 42.5 Å². The summed E-state index contributed by atoms with van der Waals surface area (Å²) >= 11 is 0. The zero-order valence-corrected chi connectivity index (χ0v) is 11.4. The van der Waals surface area contributed by atoms with E-state index in [-0.39, 0.29) is 5.56 Å². The van der Waals surface area contributed by atoms with Crippen molar-refractivity contribution in [1.82, 2.24) is 0 Å². The molecule has 0 radical (unpaired) electrons. The molecule has 3 N–H and O–H groups in total. The van der Waals surface area contributed by atoms with E-state index >= 15 is 0 Å². The molecule has 0 saturated carbocycles.